The number of amides is 1. The Balaban J connectivity index is 1.33. The number of H-pyrrole nitrogens is 1. The number of hydrogen-bond acceptors (Lipinski definition) is 4. The van der Waals surface area contributed by atoms with Crippen molar-refractivity contribution in [2.24, 2.45) is 0 Å². The topological polar surface area (TPSA) is 76.0 Å². The van der Waals surface area contributed by atoms with Crippen molar-refractivity contribution >= 4 is 40.9 Å². The third-order valence-electron chi connectivity index (χ3n) is 6.75. The summed E-state index contributed by atoms with van der Waals surface area (Å²) >= 11 is 5.96. The molecule has 1 amide bonds. The molecular weight excluding hydrogens is 543 g/mol. The maximum absolute atomic E-state index is 13.5. The first kappa shape index (κ1) is 27.8. The number of halogens is 4. The van der Waals surface area contributed by atoms with Gasteiger partial charge in [-0.15, -0.1) is 0 Å². The third-order valence-corrected chi connectivity index (χ3v) is 6.98. The number of aromatic amines is 1. The van der Waals surface area contributed by atoms with Crippen molar-refractivity contribution in [3.63, 3.8) is 0 Å². The van der Waals surface area contributed by atoms with Crippen LogP contribution in [-0.2, 0) is 10.9 Å². The minimum atomic E-state index is -4.49. The van der Waals surface area contributed by atoms with Crippen LogP contribution in [-0.4, -0.2) is 49.4 Å². The number of ether oxygens (including phenoxy) is 1. The molecule has 1 fully saturated rings. The van der Waals surface area contributed by atoms with Crippen molar-refractivity contribution in [2.75, 3.05) is 13.1 Å². The van der Waals surface area contributed by atoms with Gasteiger partial charge in [0.2, 0.25) is 0 Å². The highest BCUT2D eigenvalue weighted by Gasteiger charge is 2.32. The maximum Gasteiger partial charge on any atom is 0.416 e. The summed E-state index contributed by atoms with van der Waals surface area (Å²) in [6, 6.07) is 5.60. The molecule has 1 aromatic carbocycles. The Kier molecular flexibility index (Phi) is 7.39. The molecule has 0 atom stereocenters. The van der Waals surface area contributed by atoms with Crippen molar-refractivity contribution in [3.8, 4) is 11.1 Å². The number of carbonyl (C=O) groups excluding carboxylic acids is 1. The summed E-state index contributed by atoms with van der Waals surface area (Å²) in [5.41, 5.74) is 1.71. The second-order valence-electron chi connectivity index (χ2n) is 10.8. The number of piperidine rings is 1. The van der Waals surface area contributed by atoms with Crippen molar-refractivity contribution in [2.45, 2.75) is 51.4 Å². The Morgan fingerprint density at radius 2 is 1.80 bits per heavy atom. The van der Waals surface area contributed by atoms with E-state index in [-0.39, 0.29) is 22.7 Å². The molecule has 0 saturated carbocycles. The lowest BCUT2D eigenvalue weighted by molar-refractivity contribution is -0.137. The van der Waals surface area contributed by atoms with Gasteiger partial charge in [0, 0.05) is 58.8 Å². The Hall–Kier alpha value is -3.79. The van der Waals surface area contributed by atoms with Gasteiger partial charge >= 0.3 is 12.3 Å². The van der Waals surface area contributed by atoms with Crippen molar-refractivity contribution in [1.29, 1.82) is 0 Å². The van der Waals surface area contributed by atoms with Crippen LogP contribution in [0.15, 0.2) is 49.1 Å². The summed E-state index contributed by atoms with van der Waals surface area (Å²) in [5, 5.41) is 5.56. The SMILES string of the molecule is CC(C)(C)OC(=O)N1CCC(n2cc(-c3cnc4[nH]cc(C=Cc5cc(Cl)ccc5C(F)(F)F)c4c3)cn2)CC1. The number of carbonyl (C=O) groups is 1. The largest absolute Gasteiger partial charge is 0.444 e. The molecule has 0 aliphatic carbocycles. The van der Waals surface area contributed by atoms with Crippen molar-refractivity contribution in [1.82, 2.24) is 24.6 Å². The summed E-state index contributed by atoms with van der Waals surface area (Å²) in [5.74, 6) is 0. The molecule has 0 spiro atoms. The average molecular weight is 572 g/mol. The fourth-order valence-electron chi connectivity index (χ4n) is 4.75. The van der Waals surface area contributed by atoms with E-state index in [0.29, 0.717) is 24.3 Å². The van der Waals surface area contributed by atoms with E-state index in [9.17, 15) is 18.0 Å². The zero-order valence-electron chi connectivity index (χ0n) is 22.3. The molecule has 5 rings (SSSR count). The number of fused-ring (bicyclic) bond motifs is 1. The molecular formula is C29H29ClF3N5O2. The molecule has 1 N–H and O–H groups in total. The molecule has 1 aliphatic rings. The first-order valence-corrected chi connectivity index (χ1v) is 13.3. The van der Waals surface area contributed by atoms with Crippen molar-refractivity contribution in [3.05, 3.63) is 70.8 Å². The summed E-state index contributed by atoms with van der Waals surface area (Å²) in [7, 11) is 0. The van der Waals surface area contributed by atoms with Gasteiger partial charge in [0.1, 0.15) is 11.2 Å². The number of benzene rings is 1. The van der Waals surface area contributed by atoms with Gasteiger partial charge in [-0.25, -0.2) is 9.78 Å². The molecule has 7 nitrogen and oxygen atoms in total. The predicted molar refractivity (Wildman–Crippen MR) is 149 cm³/mol. The molecule has 0 radical (unpaired) electrons. The smallest absolute Gasteiger partial charge is 0.416 e. The number of hydrogen-bond donors (Lipinski definition) is 1. The number of likely N-dealkylation sites (tertiary alicyclic amines) is 1. The lowest BCUT2D eigenvalue weighted by Gasteiger charge is -2.33. The van der Waals surface area contributed by atoms with E-state index in [1.54, 1.807) is 29.6 Å². The monoisotopic (exact) mass is 571 g/mol. The summed E-state index contributed by atoms with van der Waals surface area (Å²) in [6.07, 6.45) is 6.92. The van der Waals surface area contributed by atoms with Crippen LogP contribution in [0.1, 0.15) is 56.3 Å². The minimum absolute atomic E-state index is 0.0162. The van der Waals surface area contributed by atoms with E-state index in [1.807, 2.05) is 37.7 Å². The molecule has 40 heavy (non-hydrogen) atoms. The van der Waals surface area contributed by atoms with Gasteiger partial charge in [0.25, 0.3) is 0 Å². The number of pyridine rings is 1. The van der Waals surface area contributed by atoms with Crippen LogP contribution in [0.5, 0.6) is 0 Å². The van der Waals surface area contributed by atoms with E-state index >= 15 is 0 Å². The van der Waals surface area contributed by atoms with Crippen LogP contribution in [0.25, 0.3) is 34.3 Å². The molecule has 3 aromatic heterocycles. The average Bonchev–Trinajstić information content (AvgIpc) is 3.53. The van der Waals surface area contributed by atoms with Crippen LogP contribution >= 0.6 is 11.6 Å². The Morgan fingerprint density at radius 3 is 2.50 bits per heavy atom. The predicted octanol–water partition coefficient (Wildman–Crippen LogP) is 7.84. The van der Waals surface area contributed by atoms with E-state index in [0.717, 1.165) is 35.4 Å². The minimum Gasteiger partial charge on any atom is -0.444 e. The van der Waals surface area contributed by atoms with Gasteiger partial charge in [-0.2, -0.15) is 18.3 Å². The van der Waals surface area contributed by atoms with Crippen LogP contribution in [0.3, 0.4) is 0 Å². The van der Waals surface area contributed by atoms with Gasteiger partial charge in [0.05, 0.1) is 17.8 Å². The maximum atomic E-state index is 13.5. The van der Waals surface area contributed by atoms with Gasteiger partial charge < -0.3 is 14.6 Å². The lowest BCUT2D eigenvalue weighted by atomic mass is 10.0. The number of nitrogens with zero attached hydrogens (tertiary/aromatic N) is 4. The quantitative estimate of drug-likeness (QED) is 0.271. The zero-order chi connectivity index (χ0) is 28.7. The van der Waals surface area contributed by atoms with Gasteiger partial charge in [0.15, 0.2) is 0 Å². The Morgan fingerprint density at radius 1 is 1.07 bits per heavy atom. The van der Waals surface area contributed by atoms with Gasteiger partial charge in [-0.3, -0.25) is 4.68 Å². The third kappa shape index (κ3) is 6.17. The molecule has 4 aromatic rings. The lowest BCUT2D eigenvalue weighted by Crippen LogP contribution is -2.42. The highest BCUT2D eigenvalue weighted by atomic mass is 35.5. The first-order chi connectivity index (χ1) is 18.9. The molecule has 11 heteroatoms. The Bertz CT molecular complexity index is 1560. The second-order valence-corrected chi connectivity index (χ2v) is 11.3. The molecule has 0 unspecified atom stereocenters. The van der Waals surface area contributed by atoms with Crippen LogP contribution in [0.2, 0.25) is 5.02 Å². The van der Waals surface area contributed by atoms with Crippen molar-refractivity contribution < 1.29 is 22.7 Å². The zero-order valence-corrected chi connectivity index (χ0v) is 23.1. The molecule has 1 saturated heterocycles. The highest BCUT2D eigenvalue weighted by molar-refractivity contribution is 6.30. The van der Waals surface area contributed by atoms with E-state index in [1.165, 1.54) is 18.2 Å². The van der Waals surface area contributed by atoms with Gasteiger partial charge in [-0.1, -0.05) is 23.8 Å². The fraction of sp³-hybridized carbons (Fsp3) is 0.345. The van der Waals surface area contributed by atoms with Gasteiger partial charge in [-0.05, 0) is 63.4 Å². The summed E-state index contributed by atoms with van der Waals surface area (Å²) < 4.78 is 47.8. The van der Waals surface area contributed by atoms with E-state index < -0.39 is 17.3 Å². The normalized spacial score (nSPS) is 15.3. The fourth-order valence-corrected chi connectivity index (χ4v) is 4.94. The molecule has 0 bridgehead atoms. The standard InChI is InChI=1S/C29H29ClF3N5O2/c1-28(2,3)40-27(39)37-10-8-23(9-11-37)38-17-21(16-36-38)20-13-24-19(14-34-26(24)35-15-20)5-4-18-12-22(30)6-7-25(18)29(31,32)33/h4-7,12-17,23H,8-11H2,1-3H3,(H,34,35). The van der Waals surface area contributed by atoms with Crippen LogP contribution < -0.4 is 0 Å². The summed E-state index contributed by atoms with van der Waals surface area (Å²) in [4.78, 5) is 21.7. The number of alkyl halides is 3. The molecule has 210 valence electrons. The van der Waals surface area contributed by atoms with E-state index in [2.05, 4.69) is 15.1 Å². The molecule has 1 aliphatic heterocycles. The first-order valence-electron chi connectivity index (χ1n) is 12.9. The summed E-state index contributed by atoms with van der Waals surface area (Å²) in [6.45, 7) is 6.73. The van der Waals surface area contributed by atoms with Crippen LogP contribution in [0.4, 0.5) is 18.0 Å². The molecule has 4 heterocycles. The highest BCUT2D eigenvalue weighted by Crippen LogP contribution is 2.35. The second kappa shape index (κ2) is 10.6. The Labute approximate surface area is 234 Å². The van der Waals surface area contributed by atoms with E-state index in [4.69, 9.17) is 16.3 Å². The number of aromatic nitrogens is 4. The number of rotatable bonds is 4. The van der Waals surface area contributed by atoms with Crippen LogP contribution in [0, 0.1) is 0 Å². The number of nitrogens with one attached hydrogen (secondary N) is 1.